The molecule has 6 heteroatoms. The number of piperidine rings is 1. The van der Waals surface area contributed by atoms with Crippen molar-refractivity contribution in [3.8, 4) is 5.75 Å². The Morgan fingerprint density at radius 3 is 2.27 bits per heavy atom. The van der Waals surface area contributed by atoms with E-state index < -0.39 is 17.6 Å². The van der Waals surface area contributed by atoms with E-state index in [4.69, 9.17) is 9.47 Å². The number of rotatable bonds is 5. The molecule has 1 unspecified atom stereocenters. The number of para-hydroxylation sites is 1. The van der Waals surface area contributed by atoms with E-state index in [0.717, 1.165) is 24.2 Å². The van der Waals surface area contributed by atoms with Crippen LogP contribution < -0.4 is 4.74 Å². The monoisotopic (exact) mass is 446 g/mol. The Labute approximate surface area is 195 Å². The van der Waals surface area contributed by atoms with Gasteiger partial charge in [0.1, 0.15) is 5.75 Å². The molecule has 0 aromatic heterocycles. The highest BCUT2D eigenvalue weighted by Crippen LogP contribution is 2.44. The topological polar surface area (TPSA) is 59.1 Å². The number of carbonyl (C=O) groups excluding carboxylic acids is 2. The minimum absolute atomic E-state index is 0.193. The van der Waals surface area contributed by atoms with Crippen LogP contribution in [0.2, 0.25) is 0 Å². The number of amides is 1. The molecule has 2 aromatic rings. The third kappa shape index (κ3) is 4.86. The van der Waals surface area contributed by atoms with E-state index >= 15 is 0 Å². The van der Waals surface area contributed by atoms with E-state index in [0.29, 0.717) is 25.2 Å². The fourth-order valence-corrected chi connectivity index (χ4v) is 4.48. The third-order valence-electron chi connectivity index (χ3n) is 6.41. The van der Waals surface area contributed by atoms with Crippen LogP contribution in [0.4, 0.5) is 4.79 Å². The van der Waals surface area contributed by atoms with Gasteiger partial charge in [0.15, 0.2) is 0 Å². The molecule has 2 aliphatic heterocycles. The molecule has 2 aromatic carbocycles. The summed E-state index contributed by atoms with van der Waals surface area (Å²) in [6, 6.07) is 18.4. The highest BCUT2D eigenvalue weighted by atomic mass is 16.6. The van der Waals surface area contributed by atoms with Crippen molar-refractivity contribution in [3.63, 3.8) is 0 Å². The first-order valence-corrected chi connectivity index (χ1v) is 11.4. The number of hydrogen-bond donors (Lipinski definition) is 0. The van der Waals surface area contributed by atoms with Gasteiger partial charge in [-0.1, -0.05) is 54.6 Å². The summed E-state index contributed by atoms with van der Waals surface area (Å²) >= 11 is 0. The van der Waals surface area contributed by atoms with Crippen LogP contribution in [0.1, 0.15) is 31.4 Å². The Morgan fingerprint density at radius 1 is 1.00 bits per heavy atom. The molecule has 172 valence electrons. The molecule has 1 saturated heterocycles. The van der Waals surface area contributed by atoms with Gasteiger partial charge in [-0.2, -0.15) is 0 Å². The lowest BCUT2D eigenvalue weighted by Crippen LogP contribution is -2.46. The molecular formula is C27H30N2O4. The molecule has 0 radical (unpaired) electrons. The SMILES string of the molecule is CCOC(=O)C1(C2=CC(c3ccccc3)N(C(=O)Oc3ccccc3)C=C2)CCN(C)CC1. The molecule has 0 bridgehead atoms. The van der Waals surface area contributed by atoms with Gasteiger partial charge in [0.05, 0.1) is 18.1 Å². The van der Waals surface area contributed by atoms with Gasteiger partial charge in [0.25, 0.3) is 0 Å². The van der Waals surface area contributed by atoms with E-state index in [9.17, 15) is 9.59 Å². The standard InChI is InChI=1S/C27H30N2O4/c1-3-32-25(30)27(15-18-28(2)19-16-27)22-14-17-29(24(20-22)21-10-6-4-7-11-21)26(31)33-23-12-8-5-9-13-23/h4-14,17,20,24H,3,15-16,18-19H2,1-2H3. The zero-order valence-electron chi connectivity index (χ0n) is 19.1. The second kappa shape index (κ2) is 10.0. The molecule has 33 heavy (non-hydrogen) atoms. The molecule has 2 aliphatic rings. The molecule has 6 nitrogen and oxygen atoms in total. The quantitative estimate of drug-likeness (QED) is 0.608. The van der Waals surface area contributed by atoms with Crippen molar-refractivity contribution in [2.75, 3.05) is 26.7 Å². The third-order valence-corrected chi connectivity index (χ3v) is 6.41. The summed E-state index contributed by atoms with van der Waals surface area (Å²) in [5, 5.41) is 0. The molecule has 0 N–H and O–H groups in total. The number of carbonyl (C=O) groups is 2. The lowest BCUT2D eigenvalue weighted by molar-refractivity contribution is -0.155. The Kier molecular flexibility index (Phi) is 6.94. The van der Waals surface area contributed by atoms with Gasteiger partial charge in [-0.3, -0.25) is 9.69 Å². The van der Waals surface area contributed by atoms with E-state index in [-0.39, 0.29) is 5.97 Å². The van der Waals surface area contributed by atoms with Crippen LogP contribution >= 0.6 is 0 Å². The first kappa shape index (κ1) is 22.8. The normalized spacial score (nSPS) is 20.1. The van der Waals surface area contributed by atoms with E-state index in [1.165, 1.54) is 0 Å². The smallest absolute Gasteiger partial charge is 0.420 e. The van der Waals surface area contributed by atoms with Crippen LogP contribution in [0, 0.1) is 5.41 Å². The molecule has 0 spiro atoms. The lowest BCUT2D eigenvalue weighted by Gasteiger charge is -2.41. The van der Waals surface area contributed by atoms with Gasteiger partial charge in [0.2, 0.25) is 0 Å². The summed E-state index contributed by atoms with van der Waals surface area (Å²) in [5.41, 5.74) is 1.12. The van der Waals surface area contributed by atoms with Gasteiger partial charge in [-0.15, -0.1) is 0 Å². The maximum atomic E-state index is 13.2. The molecule has 2 heterocycles. The van der Waals surface area contributed by atoms with Gasteiger partial charge >= 0.3 is 12.1 Å². The highest BCUT2D eigenvalue weighted by molar-refractivity contribution is 5.82. The van der Waals surface area contributed by atoms with Crippen molar-refractivity contribution >= 4 is 12.1 Å². The maximum absolute atomic E-state index is 13.2. The second-order valence-corrected chi connectivity index (χ2v) is 8.49. The van der Waals surface area contributed by atoms with Crippen molar-refractivity contribution in [1.29, 1.82) is 0 Å². The van der Waals surface area contributed by atoms with Crippen LogP contribution in [-0.2, 0) is 9.53 Å². The van der Waals surface area contributed by atoms with Crippen LogP contribution in [0.5, 0.6) is 5.75 Å². The molecule has 1 atom stereocenters. The summed E-state index contributed by atoms with van der Waals surface area (Å²) in [7, 11) is 2.06. The largest absolute Gasteiger partial charge is 0.465 e. The molecular weight excluding hydrogens is 416 g/mol. The van der Waals surface area contributed by atoms with Crippen LogP contribution in [0.25, 0.3) is 0 Å². The molecule has 0 aliphatic carbocycles. The first-order chi connectivity index (χ1) is 16.0. The zero-order chi connectivity index (χ0) is 23.3. The number of allylic oxidation sites excluding steroid dienone is 1. The minimum Gasteiger partial charge on any atom is -0.465 e. The van der Waals surface area contributed by atoms with Crippen molar-refractivity contribution in [2.45, 2.75) is 25.8 Å². The summed E-state index contributed by atoms with van der Waals surface area (Å²) in [6.07, 6.45) is 6.49. The number of benzene rings is 2. The fraction of sp³-hybridized carbons (Fsp3) is 0.333. The van der Waals surface area contributed by atoms with Crippen LogP contribution in [0.15, 0.2) is 84.6 Å². The van der Waals surface area contributed by atoms with Gasteiger partial charge in [-0.05, 0) is 69.2 Å². The minimum atomic E-state index is -0.721. The van der Waals surface area contributed by atoms with Gasteiger partial charge in [-0.25, -0.2) is 4.79 Å². The van der Waals surface area contributed by atoms with Crippen molar-refractivity contribution in [1.82, 2.24) is 9.80 Å². The summed E-state index contributed by atoms with van der Waals surface area (Å²) < 4.78 is 11.1. The van der Waals surface area contributed by atoms with Crippen molar-refractivity contribution < 1.29 is 19.1 Å². The number of likely N-dealkylation sites (tertiary alicyclic amines) is 1. The fourth-order valence-electron chi connectivity index (χ4n) is 4.48. The Morgan fingerprint density at radius 2 is 1.64 bits per heavy atom. The van der Waals surface area contributed by atoms with Gasteiger partial charge in [0, 0.05) is 6.20 Å². The molecule has 4 rings (SSSR count). The Bertz CT molecular complexity index is 1020. The number of esters is 1. The Balaban J connectivity index is 1.69. The summed E-state index contributed by atoms with van der Waals surface area (Å²) in [4.78, 5) is 30.1. The predicted octanol–water partition coefficient (Wildman–Crippen LogP) is 4.96. The van der Waals surface area contributed by atoms with E-state index in [1.54, 1.807) is 23.2 Å². The van der Waals surface area contributed by atoms with E-state index in [1.807, 2.05) is 67.6 Å². The van der Waals surface area contributed by atoms with Gasteiger partial charge < -0.3 is 14.4 Å². The average molecular weight is 447 g/mol. The van der Waals surface area contributed by atoms with Crippen molar-refractivity contribution in [2.24, 2.45) is 5.41 Å². The second-order valence-electron chi connectivity index (χ2n) is 8.49. The number of ether oxygens (including phenoxy) is 2. The summed E-state index contributed by atoms with van der Waals surface area (Å²) in [6.45, 7) is 3.78. The van der Waals surface area contributed by atoms with Crippen molar-refractivity contribution in [3.05, 3.63) is 90.2 Å². The van der Waals surface area contributed by atoms with Crippen LogP contribution in [-0.4, -0.2) is 48.6 Å². The predicted molar refractivity (Wildman–Crippen MR) is 127 cm³/mol. The molecule has 0 saturated carbocycles. The Hall–Kier alpha value is -3.38. The number of hydrogen-bond acceptors (Lipinski definition) is 5. The first-order valence-electron chi connectivity index (χ1n) is 11.4. The van der Waals surface area contributed by atoms with Crippen LogP contribution in [0.3, 0.4) is 0 Å². The van der Waals surface area contributed by atoms with E-state index in [2.05, 4.69) is 11.9 Å². The average Bonchev–Trinajstić information content (AvgIpc) is 2.85. The maximum Gasteiger partial charge on any atom is 0.420 e. The zero-order valence-corrected chi connectivity index (χ0v) is 19.1. The highest BCUT2D eigenvalue weighted by Gasteiger charge is 2.46. The number of nitrogens with zero attached hydrogens (tertiary/aromatic N) is 2. The molecule has 1 amide bonds. The molecule has 1 fully saturated rings. The summed E-state index contributed by atoms with van der Waals surface area (Å²) in [5.74, 6) is 0.289. The lowest BCUT2D eigenvalue weighted by atomic mass is 9.71.